The quantitative estimate of drug-likeness (QED) is 0.866. The van der Waals surface area contributed by atoms with Crippen LogP contribution in [0, 0.1) is 12.7 Å². The molecule has 0 radical (unpaired) electrons. The molecule has 0 atom stereocenters. The summed E-state index contributed by atoms with van der Waals surface area (Å²) in [6.45, 7) is 1.65. The molecule has 1 heterocycles. The molecule has 2 aromatic rings. The molecule has 1 aromatic carbocycles. The number of nitrogens with one attached hydrogen (secondary N) is 1. The second kappa shape index (κ2) is 5.47. The predicted octanol–water partition coefficient (Wildman–Crippen LogP) is 3.20. The van der Waals surface area contributed by atoms with E-state index in [-0.39, 0.29) is 5.69 Å². The first-order valence-electron chi connectivity index (χ1n) is 5.74. The summed E-state index contributed by atoms with van der Waals surface area (Å²) < 4.78 is 51.1. The van der Waals surface area contributed by atoms with Crippen molar-refractivity contribution < 1.29 is 22.4 Å². The highest BCUT2D eigenvalue weighted by Gasteiger charge is 2.31. The van der Waals surface area contributed by atoms with Gasteiger partial charge in [-0.05, 0) is 25.1 Å². The number of benzene rings is 1. The van der Waals surface area contributed by atoms with Crippen LogP contribution in [0.5, 0.6) is 0 Å². The van der Waals surface area contributed by atoms with Crippen LogP contribution >= 0.6 is 0 Å². The maximum Gasteiger partial charge on any atom is 0.416 e. The van der Waals surface area contributed by atoms with E-state index in [0.717, 1.165) is 6.20 Å². The van der Waals surface area contributed by atoms with Crippen LogP contribution in [0.25, 0.3) is 0 Å². The topological polar surface area (TPSA) is 54.9 Å². The minimum Gasteiger partial charge on any atom is -0.318 e. The molecule has 1 N–H and O–H groups in total. The van der Waals surface area contributed by atoms with Crippen LogP contribution in [-0.4, -0.2) is 15.9 Å². The van der Waals surface area contributed by atoms with Gasteiger partial charge in [0.1, 0.15) is 11.5 Å². The van der Waals surface area contributed by atoms with E-state index in [9.17, 15) is 22.4 Å². The molecule has 0 aliphatic rings. The molecule has 2 rings (SSSR count). The van der Waals surface area contributed by atoms with Crippen molar-refractivity contribution in [1.82, 2.24) is 9.97 Å². The summed E-state index contributed by atoms with van der Waals surface area (Å²) in [6.07, 6.45) is -2.16. The van der Waals surface area contributed by atoms with E-state index in [1.165, 1.54) is 6.20 Å². The average Bonchev–Trinajstić information content (AvgIpc) is 2.40. The fraction of sp³-hybridized carbons (Fsp3) is 0.154. The molecule has 0 spiro atoms. The lowest BCUT2D eigenvalue weighted by molar-refractivity contribution is -0.137. The first-order chi connectivity index (χ1) is 9.77. The van der Waals surface area contributed by atoms with Gasteiger partial charge in [0, 0.05) is 6.20 Å². The minimum atomic E-state index is -4.63. The molecule has 0 aliphatic heterocycles. The van der Waals surface area contributed by atoms with Crippen molar-refractivity contribution in [3.63, 3.8) is 0 Å². The van der Waals surface area contributed by atoms with E-state index in [0.29, 0.717) is 23.9 Å². The van der Waals surface area contributed by atoms with E-state index >= 15 is 0 Å². The number of halogens is 4. The van der Waals surface area contributed by atoms with Crippen LogP contribution in [0.1, 0.15) is 21.7 Å². The number of carbonyl (C=O) groups excluding carboxylic acids is 1. The summed E-state index contributed by atoms with van der Waals surface area (Å²) >= 11 is 0. The van der Waals surface area contributed by atoms with Crippen molar-refractivity contribution >= 4 is 11.6 Å². The monoisotopic (exact) mass is 299 g/mol. The van der Waals surface area contributed by atoms with Gasteiger partial charge in [-0.15, -0.1) is 0 Å². The van der Waals surface area contributed by atoms with Crippen molar-refractivity contribution in [3.8, 4) is 0 Å². The van der Waals surface area contributed by atoms with Crippen molar-refractivity contribution in [1.29, 1.82) is 0 Å². The van der Waals surface area contributed by atoms with Gasteiger partial charge in [-0.2, -0.15) is 13.2 Å². The standard InChI is InChI=1S/C13H9F4N3O/c1-7-5-19-11(6-18-7)12(21)20-10-4-8(13(15,16)17)2-3-9(10)14/h2-6H,1H3,(H,20,21). The molecule has 110 valence electrons. The largest absolute Gasteiger partial charge is 0.416 e. The van der Waals surface area contributed by atoms with Crippen molar-refractivity contribution in [2.24, 2.45) is 0 Å². The lowest BCUT2D eigenvalue weighted by Crippen LogP contribution is -2.16. The third-order valence-corrected chi connectivity index (χ3v) is 2.56. The molecule has 1 aromatic heterocycles. The summed E-state index contributed by atoms with van der Waals surface area (Å²) in [5.74, 6) is -1.82. The number of hydrogen-bond acceptors (Lipinski definition) is 3. The zero-order valence-electron chi connectivity index (χ0n) is 10.7. The van der Waals surface area contributed by atoms with Gasteiger partial charge in [0.05, 0.1) is 23.1 Å². The lowest BCUT2D eigenvalue weighted by Gasteiger charge is -2.10. The highest BCUT2D eigenvalue weighted by Crippen LogP contribution is 2.31. The van der Waals surface area contributed by atoms with Gasteiger partial charge in [-0.25, -0.2) is 9.37 Å². The number of carbonyl (C=O) groups is 1. The number of amides is 1. The Morgan fingerprint density at radius 3 is 2.48 bits per heavy atom. The molecule has 21 heavy (non-hydrogen) atoms. The summed E-state index contributed by atoms with van der Waals surface area (Å²) in [7, 11) is 0. The number of nitrogens with zero attached hydrogens (tertiary/aromatic N) is 2. The average molecular weight is 299 g/mol. The molecular formula is C13H9F4N3O. The third-order valence-electron chi connectivity index (χ3n) is 2.56. The molecule has 0 saturated carbocycles. The lowest BCUT2D eigenvalue weighted by atomic mass is 10.2. The molecule has 1 amide bonds. The van der Waals surface area contributed by atoms with Gasteiger partial charge in [0.2, 0.25) is 0 Å². The molecule has 0 aliphatic carbocycles. The van der Waals surface area contributed by atoms with Crippen molar-refractivity contribution in [2.75, 3.05) is 5.32 Å². The van der Waals surface area contributed by atoms with E-state index in [2.05, 4.69) is 9.97 Å². The Kier molecular flexibility index (Phi) is 3.88. The normalized spacial score (nSPS) is 11.3. The summed E-state index contributed by atoms with van der Waals surface area (Å²) in [5, 5.41) is 2.04. The predicted molar refractivity (Wildman–Crippen MR) is 66.1 cm³/mol. The van der Waals surface area contributed by atoms with Crippen LogP contribution in [0.3, 0.4) is 0 Å². The number of hydrogen-bond donors (Lipinski definition) is 1. The summed E-state index contributed by atoms with van der Waals surface area (Å²) in [6, 6.07) is 1.75. The zero-order valence-corrected chi connectivity index (χ0v) is 10.7. The van der Waals surface area contributed by atoms with Gasteiger partial charge in [-0.1, -0.05) is 0 Å². The third kappa shape index (κ3) is 3.53. The number of alkyl halides is 3. The first kappa shape index (κ1) is 14.9. The number of aromatic nitrogens is 2. The smallest absolute Gasteiger partial charge is 0.318 e. The Bertz CT molecular complexity index is 668. The van der Waals surface area contributed by atoms with Gasteiger partial charge in [-0.3, -0.25) is 9.78 Å². The van der Waals surface area contributed by atoms with E-state index in [1.807, 2.05) is 5.32 Å². The van der Waals surface area contributed by atoms with Gasteiger partial charge in [0.15, 0.2) is 0 Å². The molecular weight excluding hydrogens is 290 g/mol. The summed E-state index contributed by atoms with van der Waals surface area (Å²) in [5.41, 5.74) is -1.19. The SMILES string of the molecule is Cc1cnc(C(=O)Nc2cc(C(F)(F)F)ccc2F)cn1. The Balaban J connectivity index is 2.26. The maximum absolute atomic E-state index is 13.5. The maximum atomic E-state index is 13.5. The van der Waals surface area contributed by atoms with E-state index in [4.69, 9.17) is 0 Å². The Hall–Kier alpha value is -2.51. The highest BCUT2D eigenvalue weighted by molar-refractivity contribution is 6.02. The molecule has 0 saturated heterocycles. The van der Waals surface area contributed by atoms with Crippen LogP contribution < -0.4 is 5.32 Å². The molecule has 0 unspecified atom stereocenters. The first-order valence-corrected chi connectivity index (χ1v) is 5.74. The van der Waals surface area contributed by atoms with E-state index in [1.54, 1.807) is 6.92 Å². The Morgan fingerprint density at radius 2 is 1.90 bits per heavy atom. The van der Waals surface area contributed by atoms with E-state index < -0.39 is 29.2 Å². The fourth-order valence-electron chi connectivity index (χ4n) is 1.49. The number of aryl methyl sites for hydroxylation is 1. The van der Waals surface area contributed by atoms with Gasteiger partial charge < -0.3 is 5.32 Å². The zero-order chi connectivity index (χ0) is 15.6. The van der Waals surface area contributed by atoms with Crippen LogP contribution in [0.2, 0.25) is 0 Å². The summed E-state index contributed by atoms with van der Waals surface area (Å²) in [4.78, 5) is 19.4. The van der Waals surface area contributed by atoms with Crippen LogP contribution in [0.15, 0.2) is 30.6 Å². The van der Waals surface area contributed by atoms with Crippen molar-refractivity contribution in [3.05, 3.63) is 53.4 Å². The fourth-order valence-corrected chi connectivity index (χ4v) is 1.49. The second-order valence-corrected chi connectivity index (χ2v) is 4.19. The number of rotatable bonds is 2. The van der Waals surface area contributed by atoms with Crippen LogP contribution in [-0.2, 0) is 6.18 Å². The second-order valence-electron chi connectivity index (χ2n) is 4.19. The Morgan fingerprint density at radius 1 is 1.19 bits per heavy atom. The number of anilines is 1. The minimum absolute atomic E-state index is 0.127. The van der Waals surface area contributed by atoms with Gasteiger partial charge >= 0.3 is 6.18 Å². The Labute approximate surface area is 116 Å². The molecule has 0 bridgehead atoms. The van der Waals surface area contributed by atoms with Gasteiger partial charge in [0.25, 0.3) is 5.91 Å². The van der Waals surface area contributed by atoms with Crippen LogP contribution in [0.4, 0.5) is 23.2 Å². The van der Waals surface area contributed by atoms with Crippen molar-refractivity contribution in [2.45, 2.75) is 13.1 Å². The molecule has 4 nitrogen and oxygen atoms in total. The molecule has 8 heteroatoms. The molecule has 0 fully saturated rings. The highest BCUT2D eigenvalue weighted by atomic mass is 19.4.